The standard InChI is InChI=1S/C15H14OS/c1-11-4-3-5-13(10-11)14(16)6-7-15-12(2)8-9-17-15/h3-10H,1-2H3. The fourth-order valence-electron chi connectivity index (χ4n) is 1.60. The number of carbonyl (C=O) groups excluding carboxylic acids is 1. The van der Waals surface area contributed by atoms with Crippen LogP contribution in [0.15, 0.2) is 41.8 Å². The van der Waals surface area contributed by atoms with Crippen LogP contribution in [0.4, 0.5) is 0 Å². The summed E-state index contributed by atoms with van der Waals surface area (Å²) in [5.74, 6) is 0.0569. The van der Waals surface area contributed by atoms with Crippen LogP contribution in [0, 0.1) is 13.8 Å². The molecule has 0 saturated heterocycles. The van der Waals surface area contributed by atoms with Gasteiger partial charge in [-0.25, -0.2) is 0 Å². The molecule has 0 aliphatic carbocycles. The van der Waals surface area contributed by atoms with Gasteiger partial charge in [0.05, 0.1) is 0 Å². The molecule has 0 spiro atoms. The van der Waals surface area contributed by atoms with Crippen LogP contribution < -0.4 is 0 Å². The molecule has 1 aromatic carbocycles. The number of allylic oxidation sites excluding steroid dienone is 1. The Kier molecular flexibility index (Phi) is 3.55. The predicted molar refractivity (Wildman–Crippen MR) is 73.6 cm³/mol. The first-order chi connectivity index (χ1) is 8.16. The van der Waals surface area contributed by atoms with E-state index < -0.39 is 0 Å². The molecule has 1 aromatic heterocycles. The Labute approximate surface area is 105 Å². The van der Waals surface area contributed by atoms with E-state index in [-0.39, 0.29) is 5.78 Å². The lowest BCUT2D eigenvalue weighted by Crippen LogP contribution is -1.93. The van der Waals surface area contributed by atoms with Crippen LogP contribution in [0.25, 0.3) is 6.08 Å². The Morgan fingerprint density at radius 1 is 1.24 bits per heavy atom. The monoisotopic (exact) mass is 242 g/mol. The molecule has 0 fully saturated rings. The fourth-order valence-corrected chi connectivity index (χ4v) is 2.42. The maximum absolute atomic E-state index is 11.9. The number of benzene rings is 1. The predicted octanol–water partition coefficient (Wildman–Crippen LogP) is 4.26. The third-order valence-electron chi connectivity index (χ3n) is 2.59. The lowest BCUT2D eigenvalue weighted by Gasteiger charge is -1.97. The third-order valence-corrected chi connectivity index (χ3v) is 3.57. The summed E-state index contributed by atoms with van der Waals surface area (Å²) in [6.45, 7) is 4.04. The number of hydrogen-bond acceptors (Lipinski definition) is 2. The zero-order valence-corrected chi connectivity index (χ0v) is 10.8. The van der Waals surface area contributed by atoms with Gasteiger partial charge in [0, 0.05) is 10.4 Å². The van der Waals surface area contributed by atoms with Gasteiger partial charge in [-0.05, 0) is 49.1 Å². The molecule has 2 heteroatoms. The molecule has 1 heterocycles. The van der Waals surface area contributed by atoms with E-state index in [4.69, 9.17) is 0 Å². The van der Waals surface area contributed by atoms with Gasteiger partial charge >= 0.3 is 0 Å². The van der Waals surface area contributed by atoms with E-state index in [1.54, 1.807) is 17.4 Å². The van der Waals surface area contributed by atoms with E-state index in [1.165, 1.54) is 5.56 Å². The van der Waals surface area contributed by atoms with Crippen molar-refractivity contribution in [3.8, 4) is 0 Å². The maximum atomic E-state index is 11.9. The molecule has 0 unspecified atom stereocenters. The van der Waals surface area contributed by atoms with Crippen molar-refractivity contribution in [2.24, 2.45) is 0 Å². The molecule has 0 aliphatic heterocycles. The van der Waals surface area contributed by atoms with Crippen molar-refractivity contribution in [3.63, 3.8) is 0 Å². The lowest BCUT2D eigenvalue weighted by molar-refractivity contribution is 0.104. The first-order valence-electron chi connectivity index (χ1n) is 5.50. The molecule has 0 aliphatic rings. The van der Waals surface area contributed by atoms with Crippen LogP contribution in [0.3, 0.4) is 0 Å². The van der Waals surface area contributed by atoms with Crippen molar-refractivity contribution in [2.45, 2.75) is 13.8 Å². The molecule has 0 radical (unpaired) electrons. The third kappa shape index (κ3) is 2.92. The summed E-state index contributed by atoms with van der Waals surface area (Å²) in [6, 6.07) is 9.72. The fraction of sp³-hybridized carbons (Fsp3) is 0.133. The number of aryl methyl sites for hydroxylation is 2. The highest BCUT2D eigenvalue weighted by Crippen LogP contribution is 2.17. The summed E-state index contributed by atoms with van der Waals surface area (Å²) < 4.78 is 0. The summed E-state index contributed by atoms with van der Waals surface area (Å²) in [7, 11) is 0. The quantitative estimate of drug-likeness (QED) is 0.580. The summed E-state index contributed by atoms with van der Waals surface area (Å²) in [5.41, 5.74) is 3.07. The topological polar surface area (TPSA) is 17.1 Å². The average Bonchev–Trinajstić information content (AvgIpc) is 2.72. The Bertz CT molecular complexity index is 564. The van der Waals surface area contributed by atoms with Crippen LogP contribution in [0.2, 0.25) is 0 Å². The highest BCUT2D eigenvalue weighted by molar-refractivity contribution is 7.11. The Balaban J connectivity index is 2.17. The number of carbonyl (C=O) groups is 1. The first kappa shape index (κ1) is 11.8. The maximum Gasteiger partial charge on any atom is 0.185 e. The molecule has 0 N–H and O–H groups in total. The van der Waals surface area contributed by atoms with Crippen molar-refractivity contribution in [1.29, 1.82) is 0 Å². The zero-order chi connectivity index (χ0) is 12.3. The average molecular weight is 242 g/mol. The molecule has 2 aromatic rings. The normalized spacial score (nSPS) is 10.9. The van der Waals surface area contributed by atoms with Gasteiger partial charge < -0.3 is 0 Å². The van der Waals surface area contributed by atoms with Crippen LogP contribution in [-0.2, 0) is 0 Å². The molecule has 2 rings (SSSR count). The van der Waals surface area contributed by atoms with Gasteiger partial charge in [-0.1, -0.05) is 23.8 Å². The van der Waals surface area contributed by atoms with Gasteiger partial charge in [-0.3, -0.25) is 4.79 Å². The van der Waals surface area contributed by atoms with Crippen LogP contribution >= 0.6 is 11.3 Å². The van der Waals surface area contributed by atoms with Gasteiger partial charge in [-0.15, -0.1) is 11.3 Å². The molecule has 0 amide bonds. The number of ketones is 1. The summed E-state index contributed by atoms with van der Waals surface area (Å²) in [4.78, 5) is 13.1. The second-order valence-electron chi connectivity index (χ2n) is 4.03. The molecule has 0 saturated carbocycles. The second-order valence-corrected chi connectivity index (χ2v) is 4.98. The van der Waals surface area contributed by atoms with Crippen molar-refractivity contribution < 1.29 is 4.79 Å². The molecule has 86 valence electrons. The van der Waals surface area contributed by atoms with Crippen LogP contribution in [0.5, 0.6) is 0 Å². The number of hydrogen-bond donors (Lipinski definition) is 0. The highest BCUT2D eigenvalue weighted by atomic mass is 32.1. The molecular formula is C15H14OS. The van der Waals surface area contributed by atoms with Crippen molar-refractivity contribution in [2.75, 3.05) is 0 Å². The Morgan fingerprint density at radius 3 is 2.71 bits per heavy atom. The van der Waals surface area contributed by atoms with Crippen molar-refractivity contribution in [3.05, 3.63) is 63.4 Å². The van der Waals surface area contributed by atoms with Crippen molar-refractivity contribution in [1.82, 2.24) is 0 Å². The van der Waals surface area contributed by atoms with Gasteiger partial charge in [0.25, 0.3) is 0 Å². The summed E-state index contributed by atoms with van der Waals surface area (Å²) in [6.07, 6.45) is 3.54. The first-order valence-corrected chi connectivity index (χ1v) is 6.38. The number of rotatable bonds is 3. The summed E-state index contributed by atoms with van der Waals surface area (Å²) in [5, 5.41) is 2.03. The SMILES string of the molecule is Cc1cccc(C(=O)C=Cc2sccc2C)c1. The van der Waals surface area contributed by atoms with Gasteiger partial charge in [-0.2, -0.15) is 0 Å². The molecule has 17 heavy (non-hydrogen) atoms. The number of thiophene rings is 1. The molecule has 0 bridgehead atoms. The van der Waals surface area contributed by atoms with E-state index >= 15 is 0 Å². The summed E-state index contributed by atoms with van der Waals surface area (Å²) >= 11 is 1.65. The minimum atomic E-state index is 0.0569. The minimum Gasteiger partial charge on any atom is -0.289 e. The van der Waals surface area contributed by atoms with Gasteiger partial charge in [0.2, 0.25) is 0 Å². The largest absolute Gasteiger partial charge is 0.289 e. The second kappa shape index (κ2) is 5.11. The minimum absolute atomic E-state index is 0.0569. The molecule has 1 nitrogen and oxygen atoms in total. The lowest BCUT2D eigenvalue weighted by atomic mass is 10.1. The van der Waals surface area contributed by atoms with Gasteiger partial charge in [0.15, 0.2) is 5.78 Å². The van der Waals surface area contributed by atoms with E-state index in [2.05, 4.69) is 6.07 Å². The van der Waals surface area contributed by atoms with E-state index in [0.29, 0.717) is 0 Å². The van der Waals surface area contributed by atoms with E-state index in [1.807, 2.05) is 49.6 Å². The van der Waals surface area contributed by atoms with Gasteiger partial charge in [0.1, 0.15) is 0 Å². The smallest absolute Gasteiger partial charge is 0.185 e. The van der Waals surface area contributed by atoms with Crippen molar-refractivity contribution >= 4 is 23.2 Å². The Morgan fingerprint density at radius 2 is 2.06 bits per heavy atom. The molecular weight excluding hydrogens is 228 g/mol. The van der Waals surface area contributed by atoms with E-state index in [0.717, 1.165) is 16.0 Å². The Hall–Kier alpha value is -1.67. The zero-order valence-electron chi connectivity index (χ0n) is 9.94. The van der Waals surface area contributed by atoms with Crippen LogP contribution in [-0.4, -0.2) is 5.78 Å². The van der Waals surface area contributed by atoms with E-state index in [9.17, 15) is 4.79 Å². The highest BCUT2D eigenvalue weighted by Gasteiger charge is 2.02. The molecule has 0 atom stereocenters. The van der Waals surface area contributed by atoms with Crippen LogP contribution in [0.1, 0.15) is 26.4 Å².